The second-order valence-corrected chi connectivity index (χ2v) is 12.7. The lowest BCUT2D eigenvalue weighted by Crippen LogP contribution is -2.41. The number of carbonyl (C=O) groups is 1. The number of amides is 1. The summed E-state index contributed by atoms with van der Waals surface area (Å²) in [6.45, 7) is 9.18. The fourth-order valence-electron chi connectivity index (χ4n) is 7.84. The predicted molar refractivity (Wildman–Crippen MR) is 158 cm³/mol. The topological polar surface area (TPSA) is 60.8 Å². The smallest absolute Gasteiger partial charge is 0.254 e. The largest absolute Gasteiger partial charge is 0.388 e. The van der Waals surface area contributed by atoms with Gasteiger partial charge in [0.15, 0.2) is 0 Å². The Morgan fingerprint density at radius 2 is 1.90 bits per heavy atom. The van der Waals surface area contributed by atoms with Crippen molar-refractivity contribution in [2.45, 2.75) is 109 Å². The Kier molecular flexibility index (Phi) is 8.35. The highest BCUT2D eigenvalue weighted by Crippen LogP contribution is 2.57. The van der Waals surface area contributed by atoms with Crippen LogP contribution in [-0.2, 0) is 11.2 Å². The molecule has 2 unspecified atom stereocenters. The van der Waals surface area contributed by atoms with E-state index in [1.165, 1.54) is 30.4 Å². The van der Waals surface area contributed by atoms with Crippen molar-refractivity contribution in [3.8, 4) is 0 Å². The molecular weight excluding hydrogens is 482 g/mol. The number of benzene rings is 1. The van der Waals surface area contributed by atoms with Gasteiger partial charge >= 0.3 is 0 Å². The van der Waals surface area contributed by atoms with Gasteiger partial charge in [-0.2, -0.15) is 0 Å². The van der Waals surface area contributed by atoms with Crippen LogP contribution in [0, 0.1) is 11.3 Å². The number of hydrogen-bond acceptors (Lipinski definition) is 3. The number of carbonyl (C=O) groups excluding carboxylic acids is 1. The molecule has 4 aliphatic rings. The van der Waals surface area contributed by atoms with E-state index < -0.39 is 5.60 Å². The quantitative estimate of drug-likeness (QED) is 0.380. The van der Waals surface area contributed by atoms with Gasteiger partial charge in [-0.25, -0.2) is 0 Å². The van der Waals surface area contributed by atoms with Crippen molar-refractivity contribution < 1.29 is 15.0 Å². The molecule has 1 amide bonds. The van der Waals surface area contributed by atoms with E-state index in [2.05, 4.69) is 43.9 Å². The predicted octanol–water partition coefficient (Wildman–Crippen LogP) is 6.84. The minimum absolute atomic E-state index is 0.0494. The van der Waals surface area contributed by atoms with Crippen molar-refractivity contribution >= 4 is 5.91 Å². The van der Waals surface area contributed by atoms with Crippen LogP contribution in [0.5, 0.6) is 0 Å². The average Bonchev–Trinajstić information content (AvgIpc) is 3.40. The Morgan fingerprint density at radius 3 is 2.67 bits per heavy atom. The van der Waals surface area contributed by atoms with Crippen LogP contribution in [0.25, 0.3) is 0 Å². The lowest BCUT2D eigenvalue weighted by Gasteiger charge is -2.39. The average molecular weight is 530 g/mol. The molecule has 210 valence electrons. The molecule has 1 aromatic rings. The fourth-order valence-corrected chi connectivity index (χ4v) is 7.84. The molecule has 3 aliphatic carbocycles. The lowest BCUT2D eigenvalue weighted by molar-refractivity contribution is -0.143. The fraction of sp³-hybridized carbons (Fsp3) is 0.571. The van der Waals surface area contributed by atoms with E-state index in [1.54, 1.807) is 11.1 Å². The zero-order valence-corrected chi connectivity index (χ0v) is 24.0. The molecule has 4 nitrogen and oxygen atoms in total. The molecule has 0 aromatic heterocycles. The van der Waals surface area contributed by atoms with Gasteiger partial charge in [0, 0.05) is 19.0 Å². The number of rotatable bonds is 7. The highest BCUT2D eigenvalue weighted by Gasteiger charge is 2.49. The number of nitrogens with zero attached hydrogens (tertiary/aromatic N) is 1. The van der Waals surface area contributed by atoms with Crippen LogP contribution in [0.1, 0.15) is 90.0 Å². The van der Waals surface area contributed by atoms with Crippen LogP contribution in [0.15, 0.2) is 77.4 Å². The Bertz CT molecular complexity index is 1160. The van der Waals surface area contributed by atoms with Crippen molar-refractivity contribution in [1.82, 2.24) is 4.90 Å². The maximum Gasteiger partial charge on any atom is 0.254 e. The van der Waals surface area contributed by atoms with Gasteiger partial charge in [-0.1, -0.05) is 80.1 Å². The monoisotopic (exact) mass is 529 g/mol. The first-order valence-electron chi connectivity index (χ1n) is 15.3. The number of aliphatic hydroxyl groups is 2. The van der Waals surface area contributed by atoms with E-state index in [0.29, 0.717) is 25.3 Å². The first-order chi connectivity index (χ1) is 18.7. The first kappa shape index (κ1) is 28.1. The number of aliphatic hydroxyl groups excluding tert-OH is 1. The standard InChI is InChI=1S/C35H47NO3/c1-4-35(39)24-30(36(33(35)38)23-21-26-10-6-5-7-11-26)19-17-29-18-20-31-28(13-9-22-34(29,31)3)16-15-27-12-8-14-32(37)25(27)2/h5-7,10-11,15-17,30-32,37,39H,2,4,8-9,12-14,18-24H2,1,3H3/b27-15-,28-16+,29-17+/t30?,31-,32-,34+,35?/m0/s1. The second kappa shape index (κ2) is 11.6. The molecule has 0 bridgehead atoms. The third kappa shape index (κ3) is 5.60. The molecule has 0 spiro atoms. The summed E-state index contributed by atoms with van der Waals surface area (Å²) in [4.78, 5) is 15.3. The molecule has 5 rings (SSSR count). The third-order valence-electron chi connectivity index (χ3n) is 10.4. The van der Waals surface area contributed by atoms with Crippen molar-refractivity contribution in [3.63, 3.8) is 0 Å². The molecular formula is C35H47NO3. The Morgan fingerprint density at radius 1 is 1.10 bits per heavy atom. The highest BCUT2D eigenvalue weighted by molar-refractivity contribution is 5.87. The van der Waals surface area contributed by atoms with E-state index in [0.717, 1.165) is 50.5 Å². The number of allylic oxidation sites excluding steroid dienone is 4. The molecule has 2 N–H and O–H groups in total. The first-order valence-corrected chi connectivity index (χ1v) is 15.3. The van der Waals surface area contributed by atoms with Gasteiger partial charge in [-0.3, -0.25) is 4.79 Å². The number of likely N-dealkylation sites (tertiary alicyclic amines) is 1. The minimum Gasteiger partial charge on any atom is -0.388 e. The number of fused-ring (bicyclic) bond motifs is 1. The lowest BCUT2D eigenvalue weighted by atomic mass is 9.65. The van der Waals surface area contributed by atoms with Crippen molar-refractivity contribution in [2.75, 3.05) is 6.54 Å². The van der Waals surface area contributed by atoms with Crippen LogP contribution in [0.3, 0.4) is 0 Å². The molecule has 4 heteroatoms. The van der Waals surface area contributed by atoms with Crippen LogP contribution < -0.4 is 0 Å². The molecule has 1 aromatic carbocycles. The maximum absolute atomic E-state index is 13.3. The van der Waals surface area contributed by atoms with Crippen LogP contribution in [-0.4, -0.2) is 45.3 Å². The molecule has 39 heavy (non-hydrogen) atoms. The van der Waals surface area contributed by atoms with E-state index >= 15 is 0 Å². The summed E-state index contributed by atoms with van der Waals surface area (Å²) in [7, 11) is 0. The summed E-state index contributed by atoms with van der Waals surface area (Å²) >= 11 is 0. The molecule has 1 aliphatic heterocycles. The van der Waals surface area contributed by atoms with Crippen LogP contribution in [0.4, 0.5) is 0 Å². The van der Waals surface area contributed by atoms with Crippen molar-refractivity contribution in [2.24, 2.45) is 11.3 Å². The van der Waals surface area contributed by atoms with Gasteiger partial charge in [0.05, 0.1) is 6.10 Å². The molecule has 0 radical (unpaired) electrons. The molecule has 1 heterocycles. The van der Waals surface area contributed by atoms with E-state index in [4.69, 9.17) is 0 Å². The third-order valence-corrected chi connectivity index (χ3v) is 10.4. The second-order valence-electron chi connectivity index (χ2n) is 12.7. The van der Waals surface area contributed by atoms with Gasteiger partial charge < -0.3 is 15.1 Å². The summed E-state index contributed by atoms with van der Waals surface area (Å²) in [5.74, 6) is 0.466. The SMILES string of the molecule is C=C1/C(=C\C=C2/CCC[C@]3(C)/C(=C/CC4CC(O)(CC)C(=O)N4CCc4ccccc4)CC[C@@H]23)CCC[C@@H]1O. The van der Waals surface area contributed by atoms with Gasteiger partial charge in [-0.05, 0) is 98.7 Å². The van der Waals surface area contributed by atoms with E-state index in [-0.39, 0.29) is 23.5 Å². The summed E-state index contributed by atoms with van der Waals surface area (Å²) < 4.78 is 0. The summed E-state index contributed by atoms with van der Waals surface area (Å²) in [6.07, 6.45) is 18.0. The van der Waals surface area contributed by atoms with Gasteiger partial charge in [0.1, 0.15) is 5.60 Å². The van der Waals surface area contributed by atoms with Gasteiger partial charge in [0.2, 0.25) is 0 Å². The van der Waals surface area contributed by atoms with Crippen molar-refractivity contribution in [1.29, 1.82) is 0 Å². The zero-order chi connectivity index (χ0) is 27.6. The summed E-state index contributed by atoms with van der Waals surface area (Å²) in [5.41, 5.74) is 5.38. The normalized spacial score (nSPS) is 36.4. The zero-order valence-electron chi connectivity index (χ0n) is 24.0. The van der Waals surface area contributed by atoms with Crippen molar-refractivity contribution in [3.05, 3.63) is 83.0 Å². The van der Waals surface area contributed by atoms with Gasteiger partial charge in [-0.15, -0.1) is 0 Å². The molecule has 5 atom stereocenters. The number of hydrogen-bond donors (Lipinski definition) is 2. The van der Waals surface area contributed by atoms with Crippen LogP contribution >= 0.6 is 0 Å². The Labute approximate surface area is 235 Å². The summed E-state index contributed by atoms with van der Waals surface area (Å²) in [5, 5.41) is 21.4. The van der Waals surface area contributed by atoms with Crippen LogP contribution in [0.2, 0.25) is 0 Å². The van der Waals surface area contributed by atoms with E-state index in [9.17, 15) is 15.0 Å². The molecule has 4 fully saturated rings. The van der Waals surface area contributed by atoms with Gasteiger partial charge in [0.25, 0.3) is 5.91 Å². The highest BCUT2D eigenvalue weighted by atomic mass is 16.3. The summed E-state index contributed by atoms with van der Waals surface area (Å²) in [6, 6.07) is 10.4. The Hall–Kier alpha value is -2.43. The Balaban J connectivity index is 1.31. The maximum atomic E-state index is 13.3. The molecule has 1 saturated heterocycles. The molecule has 3 saturated carbocycles. The van der Waals surface area contributed by atoms with E-state index in [1.807, 2.05) is 30.0 Å². The minimum atomic E-state index is -1.23.